The first-order chi connectivity index (χ1) is 14.2. The van der Waals surface area contributed by atoms with Gasteiger partial charge in [-0.25, -0.2) is 4.98 Å². The van der Waals surface area contributed by atoms with Gasteiger partial charge in [0.25, 0.3) is 11.6 Å². The molecule has 0 spiro atoms. The van der Waals surface area contributed by atoms with Gasteiger partial charge in [0.05, 0.1) is 28.4 Å². The van der Waals surface area contributed by atoms with Gasteiger partial charge in [-0.2, -0.15) is 0 Å². The molecule has 0 saturated carbocycles. The summed E-state index contributed by atoms with van der Waals surface area (Å²) in [4.78, 5) is 21.9. The summed E-state index contributed by atoms with van der Waals surface area (Å²) in [5.41, 5.74) is 3.66. The van der Waals surface area contributed by atoms with E-state index in [9.17, 15) is 4.79 Å². The first-order valence-corrected chi connectivity index (χ1v) is 9.12. The maximum absolute atomic E-state index is 13.1. The summed E-state index contributed by atoms with van der Waals surface area (Å²) < 4.78 is 10.7. The third-order valence-corrected chi connectivity index (χ3v) is 4.79. The second-order valence-corrected chi connectivity index (χ2v) is 6.66. The summed E-state index contributed by atoms with van der Waals surface area (Å²) in [5.74, 6) is 0.303. The smallest absolute Gasteiger partial charge is 0.259 e. The van der Waals surface area contributed by atoms with Crippen LogP contribution in [0.2, 0.25) is 0 Å². The summed E-state index contributed by atoms with van der Waals surface area (Å²) in [5, 5.41) is 8.56. The van der Waals surface area contributed by atoms with E-state index in [2.05, 4.69) is 20.4 Å². The van der Waals surface area contributed by atoms with E-state index in [4.69, 9.17) is 8.94 Å². The quantitative estimate of drug-likeness (QED) is 0.497. The monoisotopic (exact) mass is 384 g/mol. The number of fused-ring (bicyclic) bond motifs is 2. The Hall–Kier alpha value is -4.00. The number of amides is 1. The number of rotatable bonds is 4. The lowest BCUT2D eigenvalue weighted by molar-refractivity contribution is 0.0952. The topological polar surface area (TPSA) is 94.0 Å². The first-order valence-electron chi connectivity index (χ1n) is 9.12. The molecule has 0 unspecified atom stereocenters. The van der Waals surface area contributed by atoms with Crippen molar-refractivity contribution in [3.8, 4) is 11.5 Å². The van der Waals surface area contributed by atoms with Gasteiger partial charge in [-0.1, -0.05) is 29.4 Å². The van der Waals surface area contributed by atoms with E-state index in [1.807, 2.05) is 30.3 Å². The molecule has 0 atom stereocenters. The molecule has 0 bridgehead atoms. The Balaban J connectivity index is 1.51. The molecule has 0 aliphatic carbocycles. The van der Waals surface area contributed by atoms with Gasteiger partial charge in [-0.15, -0.1) is 0 Å². The molecule has 0 radical (unpaired) electrons. The zero-order chi connectivity index (χ0) is 19.8. The van der Waals surface area contributed by atoms with Gasteiger partial charge in [-0.05, 0) is 36.8 Å². The van der Waals surface area contributed by atoms with Crippen LogP contribution in [0.3, 0.4) is 0 Å². The molecular weight excluding hydrogens is 368 g/mol. The Labute approximate surface area is 165 Å². The van der Waals surface area contributed by atoms with Gasteiger partial charge in [-0.3, -0.25) is 9.78 Å². The van der Waals surface area contributed by atoms with E-state index in [0.29, 0.717) is 40.4 Å². The van der Waals surface area contributed by atoms with Crippen LogP contribution in [0, 0.1) is 6.92 Å². The van der Waals surface area contributed by atoms with Crippen LogP contribution in [-0.2, 0) is 6.54 Å². The van der Waals surface area contributed by atoms with E-state index in [0.717, 1.165) is 16.5 Å². The number of benzene rings is 1. The summed E-state index contributed by atoms with van der Waals surface area (Å²) in [6, 6.07) is 15.0. The van der Waals surface area contributed by atoms with Crippen LogP contribution in [0.5, 0.6) is 0 Å². The molecule has 4 aromatic heterocycles. The standard InChI is InChI=1S/C22H16N4O3/c1-13-19-16(11-17(18-8-4-10-28-18)25-22(19)29-26-13)21(27)24-12-15-6-2-5-14-7-3-9-23-20(14)15/h2-11H,12H2,1H3,(H,24,27). The largest absolute Gasteiger partial charge is 0.463 e. The fraction of sp³-hybridized carbons (Fsp3) is 0.0909. The molecule has 5 aromatic rings. The maximum atomic E-state index is 13.1. The van der Waals surface area contributed by atoms with Crippen LogP contribution in [0.1, 0.15) is 21.6 Å². The minimum absolute atomic E-state index is 0.246. The molecule has 0 aliphatic rings. The maximum Gasteiger partial charge on any atom is 0.259 e. The van der Waals surface area contributed by atoms with Crippen molar-refractivity contribution in [3.05, 3.63) is 77.8 Å². The Morgan fingerprint density at radius 1 is 1.14 bits per heavy atom. The Morgan fingerprint density at radius 3 is 2.90 bits per heavy atom. The van der Waals surface area contributed by atoms with Crippen LogP contribution >= 0.6 is 0 Å². The van der Waals surface area contributed by atoms with Crippen molar-refractivity contribution in [1.29, 1.82) is 0 Å². The number of nitrogens with zero attached hydrogens (tertiary/aromatic N) is 3. The van der Waals surface area contributed by atoms with Crippen LogP contribution < -0.4 is 5.32 Å². The molecule has 29 heavy (non-hydrogen) atoms. The fourth-order valence-electron chi connectivity index (χ4n) is 3.41. The van der Waals surface area contributed by atoms with E-state index < -0.39 is 0 Å². The minimum Gasteiger partial charge on any atom is -0.463 e. The average molecular weight is 384 g/mol. The van der Waals surface area contributed by atoms with Crippen LogP contribution in [0.15, 0.2) is 69.9 Å². The Bertz CT molecular complexity index is 1330. The van der Waals surface area contributed by atoms with Crippen molar-refractivity contribution in [3.63, 3.8) is 0 Å². The number of carbonyl (C=O) groups is 1. The lowest BCUT2D eigenvalue weighted by Gasteiger charge is -2.09. The molecule has 0 fully saturated rings. The van der Waals surface area contributed by atoms with E-state index >= 15 is 0 Å². The van der Waals surface area contributed by atoms with Gasteiger partial charge in [0.15, 0.2) is 5.76 Å². The van der Waals surface area contributed by atoms with E-state index in [1.54, 1.807) is 37.6 Å². The van der Waals surface area contributed by atoms with Gasteiger partial charge in [0, 0.05) is 18.1 Å². The molecule has 7 heteroatoms. The van der Waals surface area contributed by atoms with Gasteiger partial charge < -0.3 is 14.3 Å². The normalized spacial score (nSPS) is 11.2. The van der Waals surface area contributed by atoms with Crippen LogP contribution in [-0.4, -0.2) is 21.0 Å². The highest BCUT2D eigenvalue weighted by molar-refractivity contribution is 6.07. The zero-order valence-corrected chi connectivity index (χ0v) is 15.5. The molecule has 7 nitrogen and oxygen atoms in total. The highest BCUT2D eigenvalue weighted by Gasteiger charge is 2.20. The second kappa shape index (κ2) is 6.87. The molecule has 0 saturated heterocycles. The predicted octanol–water partition coefficient (Wildman–Crippen LogP) is 4.27. The highest BCUT2D eigenvalue weighted by Crippen LogP contribution is 2.27. The number of hydrogen-bond acceptors (Lipinski definition) is 6. The third kappa shape index (κ3) is 3.02. The van der Waals surface area contributed by atoms with Crippen LogP contribution in [0.25, 0.3) is 33.5 Å². The summed E-state index contributed by atoms with van der Waals surface area (Å²) in [7, 11) is 0. The number of hydrogen-bond donors (Lipinski definition) is 1. The molecule has 1 aromatic carbocycles. The minimum atomic E-state index is -0.246. The predicted molar refractivity (Wildman–Crippen MR) is 107 cm³/mol. The SMILES string of the molecule is Cc1noc2nc(-c3ccco3)cc(C(=O)NCc3cccc4cccnc34)c12. The van der Waals surface area contributed by atoms with Crippen LogP contribution in [0.4, 0.5) is 0 Å². The van der Waals surface area contributed by atoms with Crippen molar-refractivity contribution < 1.29 is 13.7 Å². The molecule has 4 heterocycles. The molecule has 1 N–H and O–H groups in total. The molecule has 5 rings (SSSR count). The molecule has 1 amide bonds. The van der Waals surface area contributed by atoms with E-state index in [1.165, 1.54) is 0 Å². The summed E-state index contributed by atoms with van der Waals surface area (Å²) in [6.45, 7) is 2.13. The highest BCUT2D eigenvalue weighted by atomic mass is 16.5. The van der Waals surface area contributed by atoms with Gasteiger partial charge >= 0.3 is 0 Å². The molecular formula is C22H16N4O3. The number of pyridine rings is 2. The van der Waals surface area contributed by atoms with E-state index in [-0.39, 0.29) is 5.91 Å². The van der Waals surface area contributed by atoms with Crippen molar-refractivity contribution >= 4 is 27.9 Å². The third-order valence-electron chi connectivity index (χ3n) is 4.79. The average Bonchev–Trinajstić information content (AvgIpc) is 3.42. The van der Waals surface area contributed by atoms with Crippen molar-refractivity contribution in [2.75, 3.05) is 0 Å². The second-order valence-electron chi connectivity index (χ2n) is 6.66. The van der Waals surface area contributed by atoms with Crippen molar-refractivity contribution in [1.82, 2.24) is 20.4 Å². The molecule has 0 aliphatic heterocycles. The Morgan fingerprint density at radius 2 is 2.03 bits per heavy atom. The lowest BCUT2D eigenvalue weighted by Crippen LogP contribution is -2.23. The summed E-state index contributed by atoms with van der Waals surface area (Å²) >= 11 is 0. The number of furan rings is 1. The fourth-order valence-corrected chi connectivity index (χ4v) is 3.41. The van der Waals surface area contributed by atoms with Crippen molar-refractivity contribution in [2.24, 2.45) is 0 Å². The number of aromatic nitrogens is 3. The summed E-state index contributed by atoms with van der Waals surface area (Å²) in [6.07, 6.45) is 3.30. The number of nitrogens with one attached hydrogen (secondary N) is 1. The zero-order valence-electron chi connectivity index (χ0n) is 15.5. The number of aryl methyl sites for hydroxylation is 1. The van der Waals surface area contributed by atoms with Gasteiger partial charge in [0.1, 0.15) is 5.69 Å². The van der Waals surface area contributed by atoms with Crippen molar-refractivity contribution in [2.45, 2.75) is 13.5 Å². The first kappa shape index (κ1) is 17.1. The lowest BCUT2D eigenvalue weighted by atomic mass is 10.1. The number of carbonyl (C=O) groups excluding carboxylic acids is 1. The number of para-hydroxylation sites is 1. The molecule has 142 valence electrons. The van der Waals surface area contributed by atoms with Gasteiger partial charge in [0.2, 0.25) is 0 Å². The Kier molecular flexibility index (Phi) is 4.05.